The van der Waals surface area contributed by atoms with E-state index in [9.17, 15) is 10.2 Å². The van der Waals surface area contributed by atoms with Crippen LogP contribution in [0, 0.1) is 0 Å². The lowest BCUT2D eigenvalue weighted by Crippen LogP contribution is -1.94. The van der Waals surface area contributed by atoms with Crippen LogP contribution >= 0.6 is 0 Å². The number of para-hydroxylation sites is 1. The van der Waals surface area contributed by atoms with Crippen LogP contribution in [0.5, 0.6) is 11.5 Å². The van der Waals surface area contributed by atoms with Crippen LogP contribution in [0.3, 0.4) is 0 Å². The molecule has 2 N–H and O–H groups in total. The average molecular weight is 192 g/mol. The summed E-state index contributed by atoms with van der Waals surface area (Å²) in [5, 5.41) is 19.0. The van der Waals surface area contributed by atoms with Crippen LogP contribution in [0.25, 0.3) is 0 Å². The van der Waals surface area contributed by atoms with E-state index in [-0.39, 0.29) is 17.4 Å². The normalized spacial score (nSPS) is 12.4. The van der Waals surface area contributed by atoms with E-state index in [0.717, 1.165) is 18.4 Å². The van der Waals surface area contributed by atoms with Gasteiger partial charge in [0.2, 0.25) is 0 Å². The smallest absolute Gasteiger partial charge is 0.161 e. The lowest BCUT2D eigenvalue weighted by atomic mass is 9.93. The van der Waals surface area contributed by atoms with Gasteiger partial charge in [-0.2, -0.15) is 0 Å². The van der Waals surface area contributed by atoms with Crippen molar-refractivity contribution in [3.63, 3.8) is 0 Å². The van der Waals surface area contributed by atoms with Gasteiger partial charge in [-0.05, 0) is 12.5 Å². The monoisotopic (exact) mass is 192 g/mol. The van der Waals surface area contributed by atoms with Gasteiger partial charge in [0.1, 0.15) is 0 Å². The first-order chi connectivity index (χ1) is 6.70. The van der Waals surface area contributed by atoms with E-state index < -0.39 is 0 Å². The zero-order chi connectivity index (χ0) is 10.6. The average Bonchev–Trinajstić information content (AvgIpc) is 2.19. The minimum Gasteiger partial charge on any atom is -0.504 e. The summed E-state index contributed by atoms with van der Waals surface area (Å²) in [5.41, 5.74) is 0.752. The zero-order valence-corrected chi connectivity index (χ0v) is 8.40. The molecule has 0 radical (unpaired) electrons. The SMILES string of the molecule is C=C[C@@H](CCC)c1cccc(O)c1O. The Morgan fingerprint density at radius 3 is 2.71 bits per heavy atom. The lowest BCUT2D eigenvalue weighted by Gasteiger charge is -2.13. The van der Waals surface area contributed by atoms with E-state index in [1.165, 1.54) is 6.07 Å². The molecule has 1 aromatic rings. The summed E-state index contributed by atoms with van der Waals surface area (Å²) in [4.78, 5) is 0. The number of rotatable bonds is 4. The number of hydrogen-bond donors (Lipinski definition) is 2. The third-order valence-corrected chi connectivity index (χ3v) is 2.33. The Labute approximate surface area is 84.5 Å². The Morgan fingerprint density at radius 2 is 2.14 bits per heavy atom. The fraction of sp³-hybridized carbons (Fsp3) is 0.333. The molecule has 0 saturated heterocycles. The predicted molar refractivity (Wildman–Crippen MR) is 57.6 cm³/mol. The summed E-state index contributed by atoms with van der Waals surface area (Å²) in [6.45, 7) is 5.81. The van der Waals surface area contributed by atoms with E-state index >= 15 is 0 Å². The van der Waals surface area contributed by atoms with Crippen molar-refractivity contribution in [1.29, 1.82) is 0 Å². The molecule has 1 aromatic carbocycles. The Kier molecular flexibility index (Phi) is 3.57. The molecule has 1 atom stereocenters. The van der Waals surface area contributed by atoms with Crippen molar-refractivity contribution in [2.45, 2.75) is 25.7 Å². The number of phenolic OH excluding ortho intramolecular Hbond substituents is 2. The van der Waals surface area contributed by atoms with Crippen molar-refractivity contribution in [3.05, 3.63) is 36.4 Å². The highest BCUT2D eigenvalue weighted by molar-refractivity contribution is 5.47. The van der Waals surface area contributed by atoms with Gasteiger partial charge in [-0.25, -0.2) is 0 Å². The van der Waals surface area contributed by atoms with Gasteiger partial charge in [-0.3, -0.25) is 0 Å². The number of aromatic hydroxyl groups is 2. The molecule has 0 aliphatic carbocycles. The standard InChI is InChI=1S/C12H16O2/c1-3-6-9(4-2)10-7-5-8-11(13)12(10)14/h4-5,7-9,13-14H,2-3,6H2,1H3/t9-/m0/s1. The van der Waals surface area contributed by atoms with Crippen LogP contribution < -0.4 is 0 Å². The van der Waals surface area contributed by atoms with Gasteiger partial charge in [0.05, 0.1) is 0 Å². The first-order valence-corrected chi connectivity index (χ1v) is 4.84. The highest BCUT2D eigenvalue weighted by Crippen LogP contribution is 2.35. The fourth-order valence-corrected chi connectivity index (χ4v) is 1.56. The summed E-state index contributed by atoms with van der Waals surface area (Å²) in [6.07, 6.45) is 3.75. The van der Waals surface area contributed by atoms with Crippen LogP contribution in [-0.4, -0.2) is 10.2 Å². The Bertz CT molecular complexity index is 318. The van der Waals surface area contributed by atoms with E-state index in [1.807, 2.05) is 6.07 Å². The summed E-state index contributed by atoms with van der Waals surface area (Å²) in [7, 11) is 0. The van der Waals surface area contributed by atoms with Gasteiger partial charge in [-0.15, -0.1) is 6.58 Å². The van der Waals surface area contributed by atoms with Gasteiger partial charge in [0.15, 0.2) is 11.5 Å². The second kappa shape index (κ2) is 4.70. The van der Waals surface area contributed by atoms with Crippen LogP contribution in [0.2, 0.25) is 0 Å². The van der Waals surface area contributed by atoms with Crippen molar-refractivity contribution in [2.75, 3.05) is 0 Å². The van der Waals surface area contributed by atoms with E-state index in [0.29, 0.717) is 0 Å². The molecule has 0 spiro atoms. The van der Waals surface area contributed by atoms with E-state index in [2.05, 4.69) is 13.5 Å². The quantitative estimate of drug-likeness (QED) is 0.568. The Balaban J connectivity index is 3.03. The third kappa shape index (κ3) is 2.08. The third-order valence-electron chi connectivity index (χ3n) is 2.33. The summed E-state index contributed by atoms with van der Waals surface area (Å²) in [6, 6.07) is 5.03. The molecule has 0 bridgehead atoms. The summed E-state index contributed by atoms with van der Waals surface area (Å²) in [5.74, 6) is 0.0309. The second-order valence-corrected chi connectivity index (χ2v) is 3.35. The van der Waals surface area contributed by atoms with Crippen molar-refractivity contribution in [1.82, 2.24) is 0 Å². The number of allylic oxidation sites excluding steroid dienone is 1. The number of hydrogen-bond acceptors (Lipinski definition) is 2. The molecule has 0 aliphatic rings. The minimum absolute atomic E-state index is 0.0224. The van der Waals surface area contributed by atoms with Gasteiger partial charge >= 0.3 is 0 Å². The molecule has 76 valence electrons. The summed E-state index contributed by atoms with van der Waals surface area (Å²) < 4.78 is 0. The zero-order valence-electron chi connectivity index (χ0n) is 8.40. The molecule has 2 nitrogen and oxygen atoms in total. The lowest BCUT2D eigenvalue weighted by molar-refractivity contribution is 0.397. The van der Waals surface area contributed by atoms with Crippen molar-refractivity contribution >= 4 is 0 Å². The molecule has 0 saturated carbocycles. The number of benzene rings is 1. The Hall–Kier alpha value is -1.44. The number of phenols is 2. The molecule has 1 rings (SSSR count). The molecule has 0 unspecified atom stereocenters. The first-order valence-electron chi connectivity index (χ1n) is 4.84. The molecule has 0 fully saturated rings. The maximum absolute atomic E-state index is 9.63. The maximum atomic E-state index is 9.63. The van der Waals surface area contributed by atoms with Crippen LogP contribution in [-0.2, 0) is 0 Å². The highest BCUT2D eigenvalue weighted by atomic mass is 16.3. The van der Waals surface area contributed by atoms with Gasteiger partial charge in [-0.1, -0.05) is 31.6 Å². The van der Waals surface area contributed by atoms with Crippen molar-refractivity contribution in [3.8, 4) is 11.5 Å². The van der Waals surface area contributed by atoms with Crippen molar-refractivity contribution < 1.29 is 10.2 Å². The highest BCUT2D eigenvalue weighted by Gasteiger charge is 2.13. The second-order valence-electron chi connectivity index (χ2n) is 3.35. The topological polar surface area (TPSA) is 40.5 Å². The largest absolute Gasteiger partial charge is 0.504 e. The fourth-order valence-electron chi connectivity index (χ4n) is 1.56. The summed E-state index contributed by atoms with van der Waals surface area (Å²) >= 11 is 0. The van der Waals surface area contributed by atoms with Crippen LogP contribution in [0.1, 0.15) is 31.2 Å². The maximum Gasteiger partial charge on any atom is 0.161 e. The van der Waals surface area contributed by atoms with Crippen LogP contribution in [0.15, 0.2) is 30.9 Å². The molecular weight excluding hydrogens is 176 g/mol. The Morgan fingerprint density at radius 1 is 1.43 bits per heavy atom. The minimum atomic E-state index is -0.0644. The molecule has 0 heterocycles. The molecule has 14 heavy (non-hydrogen) atoms. The molecule has 0 aliphatic heterocycles. The molecule has 2 heteroatoms. The molecule has 0 amide bonds. The van der Waals surface area contributed by atoms with Crippen LogP contribution in [0.4, 0.5) is 0 Å². The molecule has 0 aromatic heterocycles. The van der Waals surface area contributed by atoms with Gasteiger partial charge in [0.25, 0.3) is 0 Å². The van der Waals surface area contributed by atoms with Gasteiger partial charge in [0, 0.05) is 11.5 Å². The molecular formula is C12H16O2. The predicted octanol–water partition coefficient (Wildman–Crippen LogP) is 3.17. The van der Waals surface area contributed by atoms with Gasteiger partial charge < -0.3 is 10.2 Å². The van der Waals surface area contributed by atoms with E-state index in [1.54, 1.807) is 12.1 Å². The first kappa shape index (κ1) is 10.6. The van der Waals surface area contributed by atoms with Crippen molar-refractivity contribution in [2.24, 2.45) is 0 Å². The van der Waals surface area contributed by atoms with E-state index in [4.69, 9.17) is 0 Å².